The average Bonchev–Trinajstić information content (AvgIpc) is 2.31. The molecular weight excluding hydrogens is 248 g/mol. The number of hydrogen-bond donors (Lipinski definition) is 3. The summed E-state index contributed by atoms with van der Waals surface area (Å²) in [6.45, 7) is 2.94. The molecule has 0 aliphatic carbocycles. The molecule has 2 rings (SSSR count). The van der Waals surface area contributed by atoms with Crippen LogP contribution < -0.4 is 5.63 Å². The van der Waals surface area contributed by atoms with Crippen LogP contribution in [-0.2, 0) is 6.42 Å². The van der Waals surface area contributed by atoms with Crippen LogP contribution in [0.2, 0.25) is 0 Å². The van der Waals surface area contributed by atoms with E-state index < -0.39 is 17.3 Å². The summed E-state index contributed by atoms with van der Waals surface area (Å²) in [6.07, 6.45) is -1.10. The molecule has 3 N–H and O–H groups in total. The lowest BCUT2D eigenvalue weighted by Gasteiger charge is -2.24. The molecule has 0 unspecified atom stereocenters. The van der Waals surface area contributed by atoms with Gasteiger partial charge in [0.15, 0.2) is 0 Å². The fourth-order valence-electron chi connectivity index (χ4n) is 1.82. The summed E-state index contributed by atoms with van der Waals surface area (Å²) >= 11 is 0. The van der Waals surface area contributed by atoms with Gasteiger partial charge < -0.3 is 19.7 Å². The van der Waals surface area contributed by atoms with Crippen molar-refractivity contribution in [3.63, 3.8) is 0 Å². The van der Waals surface area contributed by atoms with Crippen molar-refractivity contribution >= 4 is 11.0 Å². The van der Waals surface area contributed by atoms with Crippen molar-refractivity contribution < 1.29 is 19.7 Å². The number of rotatable bonds is 3. The monoisotopic (exact) mass is 264 g/mol. The molecule has 1 atom stereocenters. The fourth-order valence-corrected chi connectivity index (χ4v) is 1.82. The predicted molar refractivity (Wildman–Crippen MR) is 70.2 cm³/mol. The zero-order valence-corrected chi connectivity index (χ0v) is 10.8. The van der Waals surface area contributed by atoms with Crippen LogP contribution in [0.15, 0.2) is 33.5 Å². The van der Waals surface area contributed by atoms with Crippen LogP contribution in [0.4, 0.5) is 0 Å². The van der Waals surface area contributed by atoms with Crippen molar-refractivity contribution in [2.45, 2.75) is 32.0 Å². The Morgan fingerprint density at radius 1 is 1.26 bits per heavy atom. The van der Waals surface area contributed by atoms with E-state index in [1.54, 1.807) is 12.1 Å². The highest BCUT2D eigenvalue weighted by atomic mass is 16.4. The topological polar surface area (TPSA) is 90.9 Å². The molecule has 1 heterocycles. The van der Waals surface area contributed by atoms with E-state index >= 15 is 0 Å². The molecule has 5 nitrogen and oxygen atoms in total. The van der Waals surface area contributed by atoms with Crippen molar-refractivity contribution in [2.75, 3.05) is 0 Å². The Hall–Kier alpha value is -1.85. The Morgan fingerprint density at radius 3 is 2.53 bits per heavy atom. The van der Waals surface area contributed by atoms with E-state index in [1.165, 1.54) is 26.0 Å². The third kappa shape index (κ3) is 2.77. The molecular formula is C14H16O5. The Morgan fingerprint density at radius 2 is 1.89 bits per heavy atom. The summed E-state index contributed by atoms with van der Waals surface area (Å²) in [5.74, 6) is -0.0786. The van der Waals surface area contributed by atoms with Gasteiger partial charge in [0.25, 0.3) is 0 Å². The normalized spacial score (nSPS) is 13.7. The third-order valence-electron chi connectivity index (χ3n) is 3.08. The van der Waals surface area contributed by atoms with Crippen molar-refractivity contribution in [1.29, 1.82) is 0 Å². The first-order chi connectivity index (χ1) is 8.79. The number of aromatic hydroxyl groups is 1. The predicted octanol–water partition coefficient (Wildman–Crippen LogP) is 1.17. The SMILES string of the molecule is CC(C)(O)[C@H](O)Cc1c(O)ccc2ccc(=O)oc12. The molecule has 5 heteroatoms. The van der Waals surface area contributed by atoms with Gasteiger partial charge in [-0.2, -0.15) is 0 Å². The molecule has 0 radical (unpaired) electrons. The lowest BCUT2D eigenvalue weighted by Crippen LogP contribution is -2.37. The Kier molecular flexibility index (Phi) is 3.34. The molecule has 0 spiro atoms. The average molecular weight is 264 g/mol. The molecule has 0 bridgehead atoms. The van der Waals surface area contributed by atoms with E-state index in [9.17, 15) is 20.1 Å². The van der Waals surface area contributed by atoms with Crippen molar-refractivity contribution in [3.8, 4) is 5.75 Å². The number of aliphatic hydroxyl groups excluding tert-OH is 1. The summed E-state index contributed by atoms with van der Waals surface area (Å²) in [7, 11) is 0. The number of fused-ring (bicyclic) bond motifs is 1. The second-order valence-electron chi connectivity index (χ2n) is 5.11. The maximum absolute atomic E-state index is 11.3. The van der Waals surface area contributed by atoms with Gasteiger partial charge in [-0.3, -0.25) is 0 Å². The molecule has 19 heavy (non-hydrogen) atoms. The summed E-state index contributed by atoms with van der Waals surface area (Å²) < 4.78 is 5.08. The first-order valence-electron chi connectivity index (χ1n) is 5.94. The van der Waals surface area contributed by atoms with Gasteiger partial charge in [0.1, 0.15) is 11.3 Å². The Bertz CT molecular complexity index is 651. The number of phenols is 1. The van der Waals surface area contributed by atoms with Crippen LogP contribution in [-0.4, -0.2) is 27.0 Å². The van der Waals surface area contributed by atoms with Gasteiger partial charge in [0, 0.05) is 23.4 Å². The maximum Gasteiger partial charge on any atom is 0.336 e. The highest BCUT2D eigenvalue weighted by Crippen LogP contribution is 2.29. The van der Waals surface area contributed by atoms with Crippen molar-refractivity contribution in [1.82, 2.24) is 0 Å². The van der Waals surface area contributed by atoms with E-state index in [2.05, 4.69) is 0 Å². The van der Waals surface area contributed by atoms with Gasteiger partial charge in [-0.25, -0.2) is 4.79 Å². The van der Waals surface area contributed by atoms with Crippen molar-refractivity contribution in [2.24, 2.45) is 0 Å². The van der Waals surface area contributed by atoms with Gasteiger partial charge in [-0.05, 0) is 32.0 Å². The first-order valence-corrected chi connectivity index (χ1v) is 5.94. The van der Waals surface area contributed by atoms with Gasteiger partial charge in [-0.1, -0.05) is 0 Å². The van der Waals surface area contributed by atoms with E-state index in [0.717, 1.165) is 0 Å². The second-order valence-corrected chi connectivity index (χ2v) is 5.11. The van der Waals surface area contributed by atoms with Crippen LogP contribution >= 0.6 is 0 Å². The molecule has 1 aromatic carbocycles. The number of hydrogen-bond acceptors (Lipinski definition) is 5. The number of aliphatic hydroxyl groups is 2. The van der Waals surface area contributed by atoms with E-state index in [-0.39, 0.29) is 17.8 Å². The van der Waals surface area contributed by atoms with Gasteiger partial charge >= 0.3 is 5.63 Å². The summed E-state index contributed by atoms with van der Waals surface area (Å²) in [6, 6.07) is 5.96. The molecule has 0 aliphatic heterocycles. The van der Waals surface area contributed by atoms with Crippen LogP contribution in [0.1, 0.15) is 19.4 Å². The molecule has 0 saturated carbocycles. The van der Waals surface area contributed by atoms with Crippen LogP contribution in [0.3, 0.4) is 0 Å². The zero-order valence-electron chi connectivity index (χ0n) is 10.8. The van der Waals surface area contributed by atoms with Crippen LogP contribution in [0.25, 0.3) is 11.0 Å². The zero-order chi connectivity index (χ0) is 14.2. The lowest BCUT2D eigenvalue weighted by atomic mass is 9.94. The number of benzene rings is 1. The van der Waals surface area contributed by atoms with Crippen molar-refractivity contribution in [3.05, 3.63) is 40.2 Å². The molecule has 0 amide bonds. The van der Waals surface area contributed by atoms with E-state index in [1.807, 2.05) is 0 Å². The minimum absolute atomic E-state index is 0.0143. The van der Waals surface area contributed by atoms with E-state index in [0.29, 0.717) is 10.9 Å². The summed E-state index contributed by atoms with van der Waals surface area (Å²) in [4.78, 5) is 11.3. The molecule has 0 saturated heterocycles. The van der Waals surface area contributed by atoms with Gasteiger partial charge in [0.05, 0.1) is 11.7 Å². The standard InChI is InChI=1S/C14H16O5/c1-14(2,18)11(16)7-9-10(15)5-3-8-4-6-12(17)19-13(8)9/h3-6,11,15-16,18H,7H2,1-2H3/t11-/m1/s1. The first kappa shape index (κ1) is 13.6. The summed E-state index contributed by atoms with van der Waals surface area (Å²) in [5, 5.41) is 30.2. The van der Waals surface area contributed by atoms with Gasteiger partial charge in [-0.15, -0.1) is 0 Å². The molecule has 0 aliphatic rings. The minimum atomic E-state index is -1.32. The van der Waals surface area contributed by atoms with E-state index in [4.69, 9.17) is 4.42 Å². The minimum Gasteiger partial charge on any atom is -0.508 e. The summed E-state index contributed by atoms with van der Waals surface area (Å²) in [5.41, 5.74) is -1.30. The highest BCUT2D eigenvalue weighted by molar-refractivity contribution is 5.82. The molecule has 102 valence electrons. The van der Waals surface area contributed by atoms with Gasteiger partial charge in [0.2, 0.25) is 0 Å². The van der Waals surface area contributed by atoms with Crippen LogP contribution in [0.5, 0.6) is 5.75 Å². The fraction of sp³-hybridized carbons (Fsp3) is 0.357. The Labute approximate surface area is 109 Å². The lowest BCUT2D eigenvalue weighted by molar-refractivity contribution is -0.0470. The Balaban J connectivity index is 2.55. The van der Waals surface area contributed by atoms with Crippen LogP contribution in [0, 0.1) is 0 Å². The number of phenolic OH excluding ortho intramolecular Hbond substituents is 1. The highest BCUT2D eigenvalue weighted by Gasteiger charge is 2.26. The second kappa shape index (κ2) is 4.68. The molecule has 0 fully saturated rings. The smallest absolute Gasteiger partial charge is 0.336 e. The molecule has 1 aromatic heterocycles. The largest absolute Gasteiger partial charge is 0.508 e. The molecule has 2 aromatic rings. The maximum atomic E-state index is 11.3. The quantitative estimate of drug-likeness (QED) is 0.724. The third-order valence-corrected chi connectivity index (χ3v) is 3.08.